The van der Waals surface area contributed by atoms with E-state index in [4.69, 9.17) is 0 Å². The van der Waals surface area contributed by atoms with Gasteiger partial charge in [-0.1, -0.05) is 13.0 Å². The SMILES string of the molecule is CCC1C=Nc2cc(OC(F)(F)F)ccc2C1. The molecule has 0 spiro atoms. The highest BCUT2D eigenvalue weighted by molar-refractivity contribution is 5.71. The molecule has 0 aromatic heterocycles. The van der Waals surface area contributed by atoms with Gasteiger partial charge in [0.2, 0.25) is 0 Å². The summed E-state index contributed by atoms with van der Waals surface area (Å²) in [7, 11) is 0. The molecule has 0 radical (unpaired) electrons. The summed E-state index contributed by atoms with van der Waals surface area (Å²) in [6.07, 6.45) is -1.07. The lowest BCUT2D eigenvalue weighted by molar-refractivity contribution is -0.274. The number of rotatable bonds is 2. The quantitative estimate of drug-likeness (QED) is 0.772. The molecule has 0 saturated carbocycles. The third-order valence-corrected chi connectivity index (χ3v) is 2.72. The van der Waals surface area contributed by atoms with Gasteiger partial charge in [-0.2, -0.15) is 0 Å². The Morgan fingerprint density at radius 3 is 2.82 bits per heavy atom. The molecule has 1 aliphatic rings. The maximum atomic E-state index is 12.0. The predicted molar refractivity (Wildman–Crippen MR) is 58.8 cm³/mol. The fourth-order valence-electron chi connectivity index (χ4n) is 1.80. The first-order valence-corrected chi connectivity index (χ1v) is 5.41. The van der Waals surface area contributed by atoms with Gasteiger partial charge < -0.3 is 4.74 Å². The van der Waals surface area contributed by atoms with E-state index >= 15 is 0 Å². The molecule has 0 N–H and O–H groups in total. The van der Waals surface area contributed by atoms with Crippen LogP contribution >= 0.6 is 0 Å². The molecule has 1 aliphatic heterocycles. The Morgan fingerprint density at radius 1 is 1.41 bits per heavy atom. The first-order valence-electron chi connectivity index (χ1n) is 5.41. The highest BCUT2D eigenvalue weighted by Crippen LogP contribution is 2.33. The van der Waals surface area contributed by atoms with Crippen molar-refractivity contribution in [1.29, 1.82) is 0 Å². The number of ether oxygens (including phenoxy) is 1. The molecular weight excluding hydrogens is 231 g/mol. The Bertz CT molecular complexity index is 440. The van der Waals surface area contributed by atoms with Gasteiger partial charge in [0, 0.05) is 12.3 Å². The maximum absolute atomic E-state index is 12.0. The fourth-order valence-corrected chi connectivity index (χ4v) is 1.80. The van der Waals surface area contributed by atoms with E-state index in [-0.39, 0.29) is 5.75 Å². The lowest BCUT2D eigenvalue weighted by atomic mass is 9.94. The molecule has 1 atom stereocenters. The Morgan fingerprint density at radius 2 is 2.18 bits per heavy atom. The van der Waals surface area contributed by atoms with Crippen LogP contribution in [-0.2, 0) is 6.42 Å². The summed E-state index contributed by atoms with van der Waals surface area (Å²) in [4.78, 5) is 4.16. The largest absolute Gasteiger partial charge is 0.573 e. The van der Waals surface area contributed by atoms with Crippen LogP contribution in [0.2, 0.25) is 0 Å². The summed E-state index contributed by atoms with van der Waals surface area (Å²) in [5.74, 6) is 0.153. The molecule has 0 fully saturated rings. The Labute approximate surface area is 97.1 Å². The van der Waals surface area contributed by atoms with E-state index in [0.29, 0.717) is 11.6 Å². The van der Waals surface area contributed by atoms with Gasteiger partial charge in [0.25, 0.3) is 0 Å². The highest BCUT2D eigenvalue weighted by atomic mass is 19.4. The number of nitrogens with zero attached hydrogens (tertiary/aromatic N) is 1. The predicted octanol–water partition coefficient (Wildman–Crippen LogP) is 3.87. The van der Waals surface area contributed by atoms with Gasteiger partial charge in [0.1, 0.15) is 5.75 Å². The highest BCUT2D eigenvalue weighted by Gasteiger charge is 2.31. The van der Waals surface area contributed by atoms with Crippen molar-refractivity contribution in [3.63, 3.8) is 0 Å². The molecule has 1 heterocycles. The summed E-state index contributed by atoms with van der Waals surface area (Å²) < 4.78 is 39.9. The van der Waals surface area contributed by atoms with Crippen molar-refractivity contribution in [3.8, 4) is 5.75 Å². The van der Waals surface area contributed by atoms with Gasteiger partial charge in [0.05, 0.1) is 5.69 Å². The van der Waals surface area contributed by atoms with Crippen LogP contribution in [0.1, 0.15) is 18.9 Å². The standard InChI is InChI=1S/C12H12F3NO/c1-2-8-5-9-3-4-10(17-12(13,14)15)6-11(9)16-7-8/h3-4,6-8H,2,5H2,1H3. The Balaban J connectivity index is 2.21. The molecule has 0 aliphatic carbocycles. The smallest absolute Gasteiger partial charge is 0.406 e. The second-order valence-corrected chi connectivity index (χ2v) is 3.99. The molecule has 0 amide bonds. The van der Waals surface area contributed by atoms with E-state index in [1.807, 2.05) is 0 Å². The van der Waals surface area contributed by atoms with Crippen LogP contribution in [-0.4, -0.2) is 12.6 Å². The lowest BCUT2D eigenvalue weighted by Gasteiger charge is -2.18. The molecule has 2 rings (SSSR count). The molecule has 2 nitrogen and oxygen atoms in total. The normalized spacial score (nSPS) is 18.9. The van der Waals surface area contributed by atoms with Crippen molar-refractivity contribution in [2.45, 2.75) is 26.1 Å². The van der Waals surface area contributed by atoms with Crippen LogP contribution in [0.4, 0.5) is 18.9 Å². The van der Waals surface area contributed by atoms with Crippen LogP contribution in [0.15, 0.2) is 23.2 Å². The number of halogens is 3. The number of hydrogen-bond donors (Lipinski definition) is 0. The van der Waals surface area contributed by atoms with Crippen LogP contribution < -0.4 is 4.74 Å². The van der Waals surface area contributed by atoms with Crippen LogP contribution in [0.25, 0.3) is 0 Å². The van der Waals surface area contributed by atoms with Crippen molar-refractivity contribution >= 4 is 11.9 Å². The average Bonchev–Trinajstić information content (AvgIpc) is 2.26. The van der Waals surface area contributed by atoms with E-state index < -0.39 is 6.36 Å². The van der Waals surface area contributed by atoms with E-state index in [1.165, 1.54) is 12.1 Å². The van der Waals surface area contributed by atoms with E-state index in [9.17, 15) is 13.2 Å². The first-order chi connectivity index (χ1) is 7.98. The molecule has 0 saturated heterocycles. The van der Waals surface area contributed by atoms with E-state index in [1.54, 1.807) is 12.3 Å². The van der Waals surface area contributed by atoms with Crippen molar-refractivity contribution in [3.05, 3.63) is 23.8 Å². The van der Waals surface area contributed by atoms with Crippen molar-refractivity contribution < 1.29 is 17.9 Å². The molecule has 5 heteroatoms. The lowest BCUT2D eigenvalue weighted by Crippen LogP contribution is -2.17. The number of aliphatic imine (C=N–C) groups is 1. The number of benzene rings is 1. The minimum Gasteiger partial charge on any atom is -0.406 e. The number of hydrogen-bond acceptors (Lipinski definition) is 2. The molecule has 17 heavy (non-hydrogen) atoms. The van der Waals surface area contributed by atoms with Gasteiger partial charge in [-0.15, -0.1) is 13.2 Å². The zero-order valence-corrected chi connectivity index (χ0v) is 9.29. The minimum absolute atomic E-state index is 0.219. The molecule has 1 aromatic carbocycles. The van der Waals surface area contributed by atoms with Gasteiger partial charge in [-0.25, -0.2) is 0 Å². The Hall–Kier alpha value is -1.52. The molecule has 92 valence electrons. The molecule has 1 unspecified atom stereocenters. The van der Waals surface area contributed by atoms with E-state index in [2.05, 4.69) is 16.7 Å². The minimum atomic E-state index is -4.65. The molecule has 0 bridgehead atoms. The van der Waals surface area contributed by atoms with Gasteiger partial charge in [-0.3, -0.25) is 4.99 Å². The summed E-state index contributed by atoms with van der Waals surface area (Å²) in [6, 6.07) is 4.31. The molecular formula is C12H12F3NO. The van der Waals surface area contributed by atoms with Crippen LogP contribution in [0.5, 0.6) is 5.75 Å². The van der Waals surface area contributed by atoms with Crippen LogP contribution in [0, 0.1) is 5.92 Å². The van der Waals surface area contributed by atoms with Gasteiger partial charge >= 0.3 is 6.36 Å². The summed E-state index contributed by atoms with van der Waals surface area (Å²) in [5, 5.41) is 0. The van der Waals surface area contributed by atoms with Gasteiger partial charge in [-0.05, 0) is 30.4 Å². The van der Waals surface area contributed by atoms with Crippen molar-refractivity contribution in [2.75, 3.05) is 0 Å². The number of alkyl halides is 3. The zero-order chi connectivity index (χ0) is 12.5. The average molecular weight is 243 g/mol. The third kappa shape index (κ3) is 2.99. The third-order valence-electron chi connectivity index (χ3n) is 2.72. The summed E-state index contributed by atoms with van der Waals surface area (Å²) >= 11 is 0. The first kappa shape index (κ1) is 12.0. The second kappa shape index (κ2) is 4.39. The van der Waals surface area contributed by atoms with Crippen LogP contribution in [0.3, 0.4) is 0 Å². The second-order valence-electron chi connectivity index (χ2n) is 3.99. The monoisotopic (exact) mass is 243 g/mol. The topological polar surface area (TPSA) is 21.6 Å². The molecule has 1 aromatic rings. The van der Waals surface area contributed by atoms with E-state index in [0.717, 1.165) is 18.4 Å². The van der Waals surface area contributed by atoms with Crippen molar-refractivity contribution in [1.82, 2.24) is 0 Å². The van der Waals surface area contributed by atoms with Crippen molar-refractivity contribution in [2.24, 2.45) is 10.9 Å². The number of fused-ring (bicyclic) bond motifs is 1. The zero-order valence-electron chi connectivity index (χ0n) is 9.29. The summed E-state index contributed by atoms with van der Waals surface area (Å²) in [5.41, 5.74) is 1.53. The summed E-state index contributed by atoms with van der Waals surface area (Å²) in [6.45, 7) is 2.06. The Kier molecular flexibility index (Phi) is 3.09. The fraction of sp³-hybridized carbons (Fsp3) is 0.417. The maximum Gasteiger partial charge on any atom is 0.573 e. The van der Waals surface area contributed by atoms with Gasteiger partial charge in [0.15, 0.2) is 0 Å².